The van der Waals surface area contributed by atoms with Gasteiger partial charge in [-0.05, 0) is 48.2 Å². The van der Waals surface area contributed by atoms with E-state index in [2.05, 4.69) is 9.80 Å². The van der Waals surface area contributed by atoms with Crippen LogP contribution in [0.5, 0.6) is 0 Å². The third kappa shape index (κ3) is 3.72. The van der Waals surface area contributed by atoms with Gasteiger partial charge in [0, 0.05) is 37.6 Å². The number of rotatable bonds is 5. The maximum absolute atomic E-state index is 13.5. The fourth-order valence-corrected chi connectivity index (χ4v) is 5.37. The fourth-order valence-electron chi connectivity index (χ4n) is 4.60. The van der Waals surface area contributed by atoms with Gasteiger partial charge in [-0.2, -0.15) is 0 Å². The molecule has 2 aliphatic heterocycles. The van der Waals surface area contributed by atoms with Gasteiger partial charge in [0.15, 0.2) is 0 Å². The quantitative estimate of drug-likeness (QED) is 0.536. The topological polar surface area (TPSA) is 43.9 Å². The van der Waals surface area contributed by atoms with Crippen molar-refractivity contribution in [1.82, 2.24) is 9.80 Å². The highest BCUT2D eigenvalue weighted by Crippen LogP contribution is 2.37. The molecule has 0 spiro atoms. The highest BCUT2D eigenvalue weighted by molar-refractivity contribution is 7.10. The lowest BCUT2D eigenvalue weighted by Crippen LogP contribution is -2.46. The number of nitrogens with zero attached hydrogens (tertiary/aromatic N) is 3. The number of fused-ring (bicyclic) bond motifs is 1. The summed E-state index contributed by atoms with van der Waals surface area (Å²) in [5.74, 6) is -0.660. The number of amides is 2. The summed E-state index contributed by atoms with van der Waals surface area (Å²) in [5.41, 5.74) is 2.78. The molecule has 1 atom stereocenters. The molecule has 5 rings (SSSR count). The van der Waals surface area contributed by atoms with Gasteiger partial charge in [0.05, 0.1) is 22.9 Å². The van der Waals surface area contributed by atoms with Crippen molar-refractivity contribution in [2.24, 2.45) is 0 Å². The number of carbonyl (C=O) groups excluding carboxylic acids is 2. The van der Waals surface area contributed by atoms with Crippen LogP contribution in [0, 0.1) is 5.82 Å². The lowest BCUT2D eigenvalue weighted by molar-refractivity contribution is 0.0598. The summed E-state index contributed by atoms with van der Waals surface area (Å²) in [5, 5.41) is 1.96. The molecule has 0 unspecified atom stereocenters. The largest absolute Gasteiger partial charge is 0.368 e. The number of carbonyl (C=O) groups is 2. The van der Waals surface area contributed by atoms with Crippen LogP contribution in [-0.2, 0) is 6.54 Å². The Bertz CT molecular complexity index is 1160. The molecule has 3 aromatic rings. The second-order valence-electron chi connectivity index (χ2n) is 8.26. The Hall–Kier alpha value is -3.03. The van der Waals surface area contributed by atoms with E-state index in [1.807, 2.05) is 42.6 Å². The smallest absolute Gasteiger partial charge is 0.264 e. The Morgan fingerprint density at radius 1 is 0.969 bits per heavy atom. The first-order valence-electron chi connectivity index (χ1n) is 10.8. The molecule has 0 aliphatic carbocycles. The predicted octanol–water partition coefficient (Wildman–Crippen LogP) is 4.57. The van der Waals surface area contributed by atoms with Gasteiger partial charge in [0.1, 0.15) is 5.82 Å². The van der Waals surface area contributed by atoms with Gasteiger partial charge in [-0.3, -0.25) is 19.4 Å². The molecule has 0 bridgehead atoms. The van der Waals surface area contributed by atoms with E-state index in [0.717, 1.165) is 42.3 Å². The fraction of sp³-hybridized carbons (Fsp3) is 0.280. The SMILES string of the molecule is C[C@H](c1cccs1)N1C(=O)c2cccc(N3CCN(Cc4cccc(F)c4)CC3)c2C1=O. The van der Waals surface area contributed by atoms with Crippen LogP contribution >= 0.6 is 11.3 Å². The third-order valence-corrected chi connectivity index (χ3v) is 7.32. The van der Waals surface area contributed by atoms with Crippen LogP contribution in [0.25, 0.3) is 0 Å². The molecule has 0 radical (unpaired) electrons. The zero-order valence-electron chi connectivity index (χ0n) is 17.8. The number of hydrogen-bond acceptors (Lipinski definition) is 5. The second kappa shape index (κ2) is 8.48. The number of halogens is 1. The summed E-state index contributed by atoms with van der Waals surface area (Å²) in [6, 6.07) is 15.8. The Balaban J connectivity index is 1.33. The maximum atomic E-state index is 13.5. The van der Waals surface area contributed by atoms with Crippen LogP contribution in [0.2, 0.25) is 0 Å². The molecule has 0 saturated carbocycles. The average molecular weight is 450 g/mol. The number of thiophene rings is 1. The number of anilines is 1. The van der Waals surface area contributed by atoms with Crippen LogP contribution in [0.15, 0.2) is 60.0 Å². The van der Waals surface area contributed by atoms with Crippen molar-refractivity contribution in [3.8, 4) is 0 Å². The van der Waals surface area contributed by atoms with E-state index in [1.165, 1.54) is 11.0 Å². The Labute approximate surface area is 190 Å². The molecule has 0 N–H and O–H groups in total. The first-order chi connectivity index (χ1) is 15.5. The second-order valence-corrected chi connectivity index (χ2v) is 9.24. The van der Waals surface area contributed by atoms with Crippen LogP contribution in [0.4, 0.5) is 10.1 Å². The molecule has 5 nitrogen and oxygen atoms in total. The lowest BCUT2D eigenvalue weighted by atomic mass is 10.1. The van der Waals surface area contributed by atoms with Gasteiger partial charge in [0.2, 0.25) is 0 Å². The van der Waals surface area contributed by atoms with Crippen molar-refractivity contribution >= 4 is 28.8 Å². The van der Waals surface area contributed by atoms with Gasteiger partial charge in [-0.1, -0.05) is 24.3 Å². The summed E-state index contributed by atoms with van der Waals surface area (Å²) in [4.78, 5) is 33.3. The number of imide groups is 1. The van der Waals surface area contributed by atoms with Crippen molar-refractivity contribution in [2.75, 3.05) is 31.1 Å². The van der Waals surface area contributed by atoms with E-state index < -0.39 is 0 Å². The maximum Gasteiger partial charge on any atom is 0.264 e. The minimum atomic E-state index is -0.293. The zero-order valence-corrected chi connectivity index (χ0v) is 18.6. The van der Waals surface area contributed by atoms with E-state index in [1.54, 1.807) is 29.5 Å². The summed E-state index contributed by atoms with van der Waals surface area (Å²) >= 11 is 1.55. The van der Waals surface area contributed by atoms with Crippen LogP contribution in [0.1, 0.15) is 44.1 Å². The van der Waals surface area contributed by atoms with Crippen LogP contribution < -0.4 is 4.90 Å². The molecule has 1 fully saturated rings. The molecule has 1 saturated heterocycles. The third-order valence-electron chi connectivity index (χ3n) is 6.27. The van der Waals surface area contributed by atoms with Crippen molar-refractivity contribution in [3.63, 3.8) is 0 Å². The summed E-state index contributed by atoms with van der Waals surface area (Å²) in [6.07, 6.45) is 0. The number of hydrogen-bond donors (Lipinski definition) is 0. The zero-order chi connectivity index (χ0) is 22.2. The lowest BCUT2D eigenvalue weighted by Gasteiger charge is -2.36. The van der Waals surface area contributed by atoms with Crippen LogP contribution in [-0.4, -0.2) is 47.8 Å². The van der Waals surface area contributed by atoms with E-state index in [4.69, 9.17) is 0 Å². The van der Waals surface area contributed by atoms with Crippen molar-refractivity contribution < 1.29 is 14.0 Å². The molecule has 7 heteroatoms. The monoisotopic (exact) mass is 449 g/mol. The molecule has 32 heavy (non-hydrogen) atoms. The minimum Gasteiger partial charge on any atom is -0.368 e. The van der Waals surface area contributed by atoms with Crippen LogP contribution in [0.3, 0.4) is 0 Å². The minimum absolute atomic E-state index is 0.217. The van der Waals surface area contributed by atoms with Gasteiger partial charge < -0.3 is 4.90 Å². The van der Waals surface area contributed by atoms with Crippen molar-refractivity contribution in [1.29, 1.82) is 0 Å². The van der Waals surface area contributed by atoms with Gasteiger partial charge in [0.25, 0.3) is 11.8 Å². The first-order valence-corrected chi connectivity index (χ1v) is 11.7. The summed E-state index contributed by atoms with van der Waals surface area (Å²) in [7, 11) is 0. The molecule has 2 aliphatic rings. The number of benzene rings is 2. The van der Waals surface area contributed by atoms with Gasteiger partial charge in [-0.15, -0.1) is 11.3 Å². The van der Waals surface area contributed by atoms with E-state index in [9.17, 15) is 14.0 Å². The summed E-state index contributed by atoms with van der Waals surface area (Å²) in [6.45, 7) is 5.69. The van der Waals surface area contributed by atoms with E-state index >= 15 is 0 Å². The molecule has 1 aromatic heterocycles. The van der Waals surface area contributed by atoms with Gasteiger partial charge in [-0.25, -0.2) is 4.39 Å². The molecule has 3 heterocycles. The predicted molar refractivity (Wildman–Crippen MR) is 124 cm³/mol. The Kier molecular flexibility index (Phi) is 5.53. The Morgan fingerprint density at radius 3 is 2.47 bits per heavy atom. The van der Waals surface area contributed by atoms with Crippen molar-refractivity contribution in [3.05, 3.63) is 87.4 Å². The highest BCUT2D eigenvalue weighted by atomic mass is 32.1. The first kappa shape index (κ1) is 20.8. The molecular weight excluding hydrogens is 425 g/mol. The summed E-state index contributed by atoms with van der Waals surface area (Å²) < 4.78 is 13.5. The molecular formula is C25H24FN3O2S. The molecule has 164 valence electrons. The average Bonchev–Trinajstić information content (AvgIpc) is 3.42. The highest BCUT2D eigenvalue weighted by Gasteiger charge is 2.41. The van der Waals surface area contributed by atoms with E-state index in [-0.39, 0.29) is 23.7 Å². The van der Waals surface area contributed by atoms with E-state index in [0.29, 0.717) is 17.7 Å². The van der Waals surface area contributed by atoms with Crippen molar-refractivity contribution in [2.45, 2.75) is 19.5 Å². The van der Waals surface area contributed by atoms with Gasteiger partial charge >= 0.3 is 0 Å². The normalized spacial score (nSPS) is 17.7. The Morgan fingerprint density at radius 2 is 1.75 bits per heavy atom. The molecule has 2 aromatic carbocycles. The molecule has 2 amide bonds. The standard InChI is InChI=1S/C25H24FN3O2S/c1-17(22-9-4-14-32-22)29-24(30)20-7-3-8-21(23(20)25(29)31)28-12-10-27(11-13-28)16-18-5-2-6-19(26)15-18/h2-9,14-15,17H,10-13,16H2,1H3/t17-/m1/s1. The number of piperazine rings is 1.